The van der Waals surface area contributed by atoms with Crippen molar-refractivity contribution in [3.8, 4) is 0 Å². The Morgan fingerprint density at radius 1 is 1.35 bits per heavy atom. The third kappa shape index (κ3) is 1.95. The van der Waals surface area contributed by atoms with Crippen LogP contribution in [-0.2, 0) is 14.3 Å². The summed E-state index contributed by atoms with van der Waals surface area (Å²) in [7, 11) is 0. The van der Waals surface area contributed by atoms with Crippen molar-refractivity contribution in [3.05, 3.63) is 0 Å². The fourth-order valence-electron chi connectivity index (χ4n) is 3.11. The lowest BCUT2D eigenvalue weighted by Gasteiger charge is -2.40. The molecule has 3 rings (SSSR count). The van der Waals surface area contributed by atoms with Gasteiger partial charge in [-0.25, -0.2) is 4.79 Å². The van der Waals surface area contributed by atoms with Gasteiger partial charge in [0.15, 0.2) is 0 Å². The molecule has 0 saturated carbocycles. The van der Waals surface area contributed by atoms with E-state index < -0.39 is 17.1 Å². The summed E-state index contributed by atoms with van der Waals surface area (Å²) in [6.45, 7) is 1.39. The molecule has 4 N–H and O–H groups in total. The molecule has 4 amide bonds. The normalized spacial score (nSPS) is 37.1. The molecule has 0 aromatic rings. The number of nitrogens with two attached hydrogens (primary N) is 1. The van der Waals surface area contributed by atoms with Gasteiger partial charge in [0.25, 0.3) is 5.91 Å². The molecular formula is C12H18N4O4. The van der Waals surface area contributed by atoms with Crippen LogP contribution in [0.15, 0.2) is 0 Å². The SMILES string of the molecule is NC1(C(=O)N2CCCC3(C2)NC(=O)NC3=O)CCOC1. The monoisotopic (exact) mass is 282 g/mol. The van der Waals surface area contributed by atoms with Crippen molar-refractivity contribution in [1.29, 1.82) is 0 Å². The lowest BCUT2D eigenvalue weighted by atomic mass is 9.87. The van der Waals surface area contributed by atoms with Gasteiger partial charge in [-0.3, -0.25) is 14.9 Å². The zero-order chi connectivity index (χ0) is 14.4. The topological polar surface area (TPSA) is 114 Å². The van der Waals surface area contributed by atoms with Gasteiger partial charge in [0.05, 0.1) is 13.2 Å². The summed E-state index contributed by atoms with van der Waals surface area (Å²) >= 11 is 0. The number of imide groups is 1. The van der Waals surface area contributed by atoms with E-state index in [-0.39, 0.29) is 25.0 Å². The van der Waals surface area contributed by atoms with E-state index in [4.69, 9.17) is 10.5 Å². The van der Waals surface area contributed by atoms with E-state index in [1.807, 2.05) is 0 Å². The van der Waals surface area contributed by atoms with Crippen molar-refractivity contribution in [2.24, 2.45) is 5.73 Å². The number of nitrogens with one attached hydrogen (secondary N) is 2. The van der Waals surface area contributed by atoms with Crippen LogP contribution in [0.25, 0.3) is 0 Å². The van der Waals surface area contributed by atoms with Crippen LogP contribution < -0.4 is 16.4 Å². The van der Waals surface area contributed by atoms with Crippen molar-refractivity contribution in [1.82, 2.24) is 15.5 Å². The highest BCUT2D eigenvalue weighted by atomic mass is 16.5. The molecule has 1 spiro atoms. The molecular weight excluding hydrogens is 264 g/mol. The van der Waals surface area contributed by atoms with Crippen LogP contribution in [0.2, 0.25) is 0 Å². The number of likely N-dealkylation sites (tertiary alicyclic amines) is 1. The van der Waals surface area contributed by atoms with Crippen molar-refractivity contribution < 1.29 is 19.1 Å². The van der Waals surface area contributed by atoms with E-state index in [0.29, 0.717) is 32.4 Å². The Bertz CT molecular complexity index is 474. The molecule has 0 aromatic carbocycles. The fraction of sp³-hybridized carbons (Fsp3) is 0.750. The van der Waals surface area contributed by atoms with Gasteiger partial charge in [0, 0.05) is 13.2 Å². The highest BCUT2D eigenvalue weighted by Gasteiger charge is 2.51. The predicted octanol–water partition coefficient (Wildman–Crippen LogP) is -1.70. The second kappa shape index (κ2) is 4.42. The summed E-state index contributed by atoms with van der Waals surface area (Å²) in [5.41, 5.74) is 4.08. The number of nitrogens with zero attached hydrogens (tertiary/aromatic N) is 1. The number of urea groups is 1. The second-order valence-electron chi connectivity index (χ2n) is 5.78. The molecule has 0 aliphatic carbocycles. The Kier molecular flexibility index (Phi) is 2.94. The minimum Gasteiger partial charge on any atom is -0.379 e. The van der Waals surface area contributed by atoms with Crippen LogP contribution in [0.4, 0.5) is 4.79 Å². The third-order valence-electron chi connectivity index (χ3n) is 4.27. The quantitative estimate of drug-likeness (QED) is 0.496. The van der Waals surface area contributed by atoms with Crippen LogP contribution in [0.1, 0.15) is 19.3 Å². The van der Waals surface area contributed by atoms with E-state index in [1.165, 1.54) is 0 Å². The lowest BCUT2D eigenvalue weighted by Crippen LogP contribution is -2.64. The molecule has 2 unspecified atom stereocenters. The summed E-state index contributed by atoms with van der Waals surface area (Å²) in [4.78, 5) is 37.4. The fourth-order valence-corrected chi connectivity index (χ4v) is 3.11. The van der Waals surface area contributed by atoms with Crippen LogP contribution in [0, 0.1) is 0 Å². The van der Waals surface area contributed by atoms with E-state index in [9.17, 15) is 14.4 Å². The third-order valence-corrected chi connectivity index (χ3v) is 4.27. The van der Waals surface area contributed by atoms with Gasteiger partial charge in [-0.05, 0) is 19.3 Å². The molecule has 0 aromatic heterocycles. The van der Waals surface area contributed by atoms with Crippen molar-refractivity contribution >= 4 is 17.8 Å². The van der Waals surface area contributed by atoms with Crippen LogP contribution in [0.5, 0.6) is 0 Å². The van der Waals surface area contributed by atoms with Crippen LogP contribution in [-0.4, -0.2) is 60.1 Å². The zero-order valence-electron chi connectivity index (χ0n) is 11.1. The number of carbonyl (C=O) groups excluding carboxylic acids is 3. The zero-order valence-corrected chi connectivity index (χ0v) is 11.1. The number of piperidine rings is 1. The smallest absolute Gasteiger partial charge is 0.322 e. The maximum absolute atomic E-state index is 12.5. The summed E-state index contributed by atoms with van der Waals surface area (Å²) < 4.78 is 5.21. The van der Waals surface area contributed by atoms with Crippen molar-refractivity contribution in [3.63, 3.8) is 0 Å². The highest BCUT2D eigenvalue weighted by Crippen LogP contribution is 2.27. The average Bonchev–Trinajstić information content (AvgIpc) is 2.95. The van der Waals surface area contributed by atoms with Crippen molar-refractivity contribution in [2.75, 3.05) is 26.3 Å². The number of ether oxygens (including phenoxy) is 1. The summed E-state index contributed by atoms with van der Waals surface area (Å²) in [6, 6.07) is -0.504. The largest absolute Gasteiger partial charge is 0.379 e. The Balaban J connectivity index is 1.77. The molecule has 2 atom stereocenters. The van der Waals surface area contributed by atoms with E-state index in [2.05, 4.69) is 10.6 Å². The number of amides is 4. The summed E-state index contributed by atoms with van der Waals surface area (Å²) in [6.07, 6.45) is 1.66. The molecule has 20 heavy (non-hydrogen) atoms. The highest BCUT2D eigenvalue weighted by molar-refractivity contribution is 6.07. The Labute approximate surface area is 116 Å². The lowest BCUT2D eigenvalue weighted by molar-refractivity contribution is -0.141. The second-order valence-corrected chi connectivity index (χ2v) is 5.78. The number of hydrogen-bond acceptors (Lipinski definition) is 5. The standard InChI is InChI=1S/C12H18N4O4/c13-11(3-5-20-7-11)9(18)16-4-1-2-12(6-16)8(17)14-10(19)15-12/h1-7,13H2,(H2,14,15,17,19). The summed E-state index contributed by atoms with van der Waals surface area (Å²) in [5, 5.41) is 4.87. The Morgan fingerprint density at radius 2 is 2.15 bits per heavy atom. The maximum atomic E-state index is 12.5. The molecule has 3 fully saturated rings. The van der Waals surface area contributed by atoms with E-state index >= 15 is 0 Å². The van der Waals surface area contributed by atoms with Crippen molar-refractivity contribution in [2.45, 2.75) is 30.3 Å². The predicted molar refractivity (Wildman–Crippen MR) is 67.6 cm³/mol. The average molecular weight is 282 g/mol. The molecule has 8 nitrogen and oxygen atoms in total. The van der Waals surface area contributed by atoms with Gasteiger partial charge in [-0.15, -0.1) is 0 Å². The molecule has 3 saturated heterocycles. The molecule has 110 valence electrons. The summed E-state index contributed by atoms with van der Waals surface area (Å²) in [5.74, 6) is -0.572. The first-order valence-electron chi connectivity index (χ1n) is 6.75. The molecule has 0 radical (unpaired) electrons. The number of hydrogen-bond donors (Lipinski definition) is 3. The van der Waals surface area contributed by atoms with Gasteiger partial charge < -0.3 is 20.7 Å². The van der Waals surface area contributed by atoms with E-state index in [1.54, 1.807) is 4.90 Å². The van der Waals surface area contributed by atoms with E-state index in [0.717, 1.165) is 0 Å². The molecule has 8 heteroatoms. The number of rotatable bonds is 1. The Morgan fingerprint density at radius 3 is 2.75 bits per heavy atom. The molecule has 3 aliphatic rings. The van der Waals surface area contributed by atoms with Crippen LogP contribution in [0.3, 0.4) is 0 Å². The molecule has 3 aliphatic heterocycles. The minimum absolute atomic E-state index is 0.169. The van der Waals surface area contributed by atoms with Gasteiger partial charge >= 0.3 is 6.03 Å². The van der Waals surface area contributed by atoms with Gasteiger partial charge in [0.1, 0.15) is 11.1 Å². The van der Waals surface area contributed by atoms with Gasteiger partial charge in [-0.2, -0.15) is 0 Å². The van der Waals surface area contributed by atoms with Crippen LogP contribution >= 0.6 is 0 Å². The first-order chi connectivity index (χ1) is 9.45. The Hall–Kier alpha value is -1.67. The molecule has 0 bridgehead atoms. The minimum atomic E-state index is -1.00. The first kappa shape index (κ1) is 13.3. The van der Waals surface area contributed by atoms with Gasteiger partial charge in [-0.1, -0.05) is 0 Å². The number of carbonyl (C=O) groups is 3. The maximum Gasteiger partial charge on any atom is 0.322 e. The molecule has 3 heterocycles. The first-order valence-corrected chi connectivity index (χ1v) is 6.75. The van der Waals surface area contributed by atoms with Gasteiger partial charge in [0.2, 0.25) is 5.91 Å².